The van der Waals surface area contributed by atoms with E-state index in [0.717, 1.165) is 22.9 Å². The van der Waals surface area contributed by atoms with Crippen LogP contribution in [0.15, 0.2) is 66.7 Å². The van der Waals surface area contributed by atoms with E-state index in [1.54, 1.807) is 11.0 Å². The van der Waals surface area contributed by atoms with Crippen LogP contribution in [0.2, 0.25) is 0 Å². The van der Waals surface area contributed by atoms with E-state index in [9.17, 15) is 18.3 Å². The zero-order chi connectivity index (χ0) is 21.5. The Morgan fingerprint density at radius 2 is 1.73 bits per heavy atom. The lowest BCUT2D eigenvalue weighted by atomic mass is 9.90. The fourth-order valence-corrected chi connectivity index (χ4v) is 4.41. The molecule has 0 radical (unpaired) electrons. The number of carbonyl (C=O) groups is 1. The Labute approximate surface area is 175 Å². The van der Waals surface area contributed by atoms with E-state index in [4.69, 9.17) is 0 Å². The second-order valence-corrected chi connectivity index (χ2v) is 9.29. The van der Waals surface area contributed by atoms with Gasteiger partial charge in [-0.15, -0.1) is 0 Å². The first-order chi connectivity index (χ1) is 14.2. The minimum atomic E-state index is -3.57. The van der Waals surface area contributed by atoms with Crippen LogP contribution in [0.5, 0.6) is 5.75 Å². The number of carbonyl (C=O) groups excluding carboxylic acids is 1. The third-order valence-corrected chi connectivity index (χ3v) is 5.76. The van der Waals surface area contributed by atoms with Gasteiger partial charge < -0.3 is 10.0 Å². The summed E-state index contributed by atoms with van der Waals surface area (Å²) < 4.78 is 25.4. The van der Waals surface area contributed by atoms with Crippen LogP contribution in [-0.2, 0) is 16.4 Å². The minimum Gasteiger partial charge on any atom is -0.506 e. The molecule has 30 heavy (non-hydrogen) atoms. The second-order valence-electron chi connectivity index (χ2n) is 7.54. The highest BCUT2D eigenvalue weighted by Crippen LogP contribution is 2.35. The molecular formula is C23H22N2O4S. The molecule has 3 aromatic carbocycles. The quantitative estimate of drug-likeness (QED) is 0.622. The third-order valence-electron chi connectivity index (χ3n) is 5.17. The molecule has 0 aromatic heterocycles. The maximum absolute atomic E-state index is 13.3. The molecule has 1 aliphatic rings. The standard InChI is InChI=1S/C23H22N2O4S/c1-15-12-18-13-17(16-6-4-3-5-7-16)8-10-20(18)23(27)25(15)19-9-11-22(26)21(14-19)24-30(2,28)29/h3-11,13-15,24,26H,12H2,1-2H3. The lowest BCUT2D eigenvalue weighted by Gasteiger charge is -2.35. The van der Waals surface area contributed by atoms with E-state index in [1.165, 1.54) is 12.1 Å². The van der Waals surface area contributed by atoms with Crippen molar-refractivity contribution >= 4 is 27.3 Å². The summed E-state index contributed by atoms with van der Waals surface area (Å²) in [4.78, 5) is 14.9. The molecule has 0 saturated heterocycles. The molecular weight excluding hydrogens is 400 g/mol. The predicted molar refractivity (Wildman–Crippen MR) is 118 cm³/mol. The van der Waals surface area contributed by atoms with Crippen LogP contribution in [0, 0.1) is 0 Å². The van der Waals surface area contributed by atoms with Crippen LogP contribution < -0.4 is 9.62 Å². The lowest BCUT2D eigenvalue weighted by Crippen LogP contribution is -2.44. The fraction of sp³-hybridized carbons (Fsp3) is 0.174. The van der Waals surface area contributed by atoms with Gasteiger partial charge in [0.05, 0.1) is 11.9 Å². The smallest absolute Gasteiger partial charge is 0.258 e. The van der Waals surface area contributed by atoms with Gasteiger partial charge >= 0.3 is 0 Å². The molecule has 7 heteroatoms. The highest BCUT2D eigenvalue weighted by molar-refractivity contribution is 7.92. The monoisotopic (exact) mass is 422 g/mol. The van der Waals surface area contributed by atoms with Gasteiger partial charge in [0, 0.05) is 17.3 Å². The SMILES string of the molecule is CC1Cc2cc(-c3ccccc3)ccc2C(=O)N1c1ccc(O)c(NS(C)(=O)=O)c1. The van der Waals surface area contributed by atoms with E-state index in [1.807, 2.05) is 49.4 Å². The molecule has 1 atom stereocenters. The Morgan fingerprint density at radius 1 is 1.00 bits per heavy atom. The zero-order valence-corrected chi connectivity index (χ0v) is 17.5. The van der Waals surface area contributed by atoms with Crippen molar-refractivity contribution in [2.75, 3.05) is 15.9 Å². The Kier molecular flexibility index (Phi) is 4.99. The van der Waals surface area contributed by atoms with Crippen LogP contribution in [0.1, 0.15) is 22.8 Å². The topological polar surface area (TPSA) is 86.7 Å². The number of amides is 1. The number of sulfonamides is 1. The minimum absolute atomic E-state index is 0.0419. The van der Waals surface area contributed by atoms with Gasteiger partial charge in [-0.1, -0.05) is 42.5 Å². The summed E-state index contributed by atoms with van der Waals surface area (Å²) in [5.74, 6) is -0.353. The van der Waals surface area contributed by atoms with E-state index < -0.39 is 10.0 Å². The molecule has 0 saturated carbocycles. The summed E-state index contributed by atoms with van der Waals surface area (Å²) >= 11 is 0. The molecule has 1 unspecified atom stereocenters. The van der Waals surface area contributed by atoms with Crippen molar-refractivity contribution < 1.29 is 18.3 Å². The second kappa shape index (κ2) is 7.50. The largest absolute Gasteiger partial charge is 0.506 e. The van der Waals surface area contributed by atoms with Crippen molar-refractivity contribution in [3.05, 3.63) is 77.9 Å². The average molecular weight is 423 g/mol. The number of phenolic OH excluding ortho intramolecular Hbond substituents is 1. The molecule has 2 N–H and O–H groups in total. The molecule has 0 spiro atoms. The van der Waals surface area contributed by atoms with Gasteiger partial charge in [0.25, 0.3) is 5.91 Å². The number of hydrogen-bond donors (Lipinski definition) is 2. The molecule has 0 fully saturated rings. The van der Waals surface area contributed by atoms with E-state index in [0.29, 0.717) is 17.7 Å². The number of fused-ring (bicyclic) bond motifs is 1. The number of hydrogen-bond acceptors (Lipinski definition) is 4. The summed E-state index contributed by atoms with van der Waals surface area (Å²) in [6.45, 7) is 1.95. The Morgan fingerprint density at radius 3 is 2.43 bits per heavy atom. The van der Waals surface area contributed by atoms with Crippen molar-refractivity contribution in [1.82, 2.24) is 0 Å². The number of anilines is 2. The molecule has 6 nitrogen and oxygen atoms in total. The fourth-order valence-electron chi connectivity index (χ4n) is 3.85. The Balaban J connectivity index is 1.70. The molecule has 4 rings (SSSR count). The molecule has 1 amide bonds. The number of benzene rings is 3. The summed E-state index contributed by atoms with van der Waals surface area (Å²) in [5.41, 5.74) is 4.33. The van der Waals surface area contributed by atoms with Crippen LogP contribution in [0.4, 0.5) is 11.4 Å². The van der Waals surface area contributed by atoms with Gasteiger partial charge in [0.2, 0.25) is 10.0 Å². The van der Waals surface area contributed by atoms with Gasteiger partial charge in [-0.3, -0.25) is 9.52 Å². The number of phenols is 1. The van der Waals surface area contributed by atoms with Gasteiger partial charge in [0.1, 0.15) is 5.75 Å². The maximum Gasteiger partial charge on any atom is 0.258 e. The van der Waals surface area contributed by atoms with Crippen molar-refractivity contribution in [2.24, 2.45) is 0 Å². The van der Waals surface area contributed by atoms with E-state index >= 15 is 0 Å². The summed E-state index contributed by atoms with van der Waals surface area (Å²) in [5, 5.41) is 9.99. The highest BCUT2D eigenvalue weighted by Gasteiger charge is 2.31. The van der Waals surface area contributed by atoms with Gasteiger partial charge in [-0.25, -0.2) is 8.42 Å². The maximum atomic E-state index is 13.3. The molecule has 3 aromatic rings. The van der Waals surface area contributed by atoms with Crippen molar-refractivity contribution in [3.8, 4) is 16.9 Å². The van der Waals surface area contributed by atoms with Crippen molar-refractivity contribution in [1.29, 1.82) is 0 Å². The first-order valence-electron chi connectivity index (χ1n) is 9.55. The van der Waals surface area contributed by atoms with E-state index in [2.05, 4.69) is 10.8 Å². The first kappa shape index (κ1) is 20.0. The summed E-state index contributed by atoms with van der Waals surface area (Å²) in [6.07, 6.45) is 1.67. The number of nitrogens with one attached hydrogen (secondary N) is 1. The van der Waals surface area contributed by atoms with Gasteiger partial charge in [0.15, 0.2) is 0 Å². The lowest BCUT2D eigenvalue weighted by molar-refractivity contribution is 0.0970. The molecule has 1 heterocycles. The van der Waals surface area contributed by atoms with Crippen LogP contribution in [0.25, 0.3) is 11.1 Å². The number of aromatic hydroxyl groups is 1. The van der Waals surface area contributed by atoms with Gasteiger partial charge in [-0.2, -0.15) is 0 Å². The normalized spacial score (nSPS) is 16.3. The molecule has 1 aliphatic heterocycles. The average Bonchev–Trinajstić information content (AvgIpc) is 2.69. The first-order valence-corrected chi connectivity index (χ1v) is 11.4. The summed E-state index contributed by atoms with van der Waals surface area (Å²) in [7, 11) is -3.57. The van der Waals surface area contributed by atoms with Crippen LogP contribution in [-0.4, -0.2) is 31.7 Å². The zero-order valence-electron chi connectivity index (χ0n) is 16.7. The van der Waals surface area contributed by atoms with E-state index in [-0.39, 0.29) is 23.4 Å². The third kappa shape index (κ3) is 3.89. The van der Waals surface area contributed by atoms with Crippen LogP contribution in [0.3, 0.4) is 0 Å². The molecule has 154 valence electrons. The van der Waals surface area contributed by atoms with Gasteiger partial charge in [-0.05, 0) is 54.3 Å². The Hall–Kier alpha value is -3.32. The molecule has 0 aliphatic carbocycles. The highest BCUT2D eigenvalue weighted by atomic mass is 32.2. The summed E-state index contributed by atoms with van der Waals surface area (Å²) in [6, 6.07) is 20.2. The van der Waals surface area contributed by atoms with Crippen molar-refractivity contribution in [2.45, 2.75) is 19.4 Å². The molecule has 0 bridgehead atoms. The van der Waals surface area contributed by atoms with Crippen molar-refractivity contribution in [3.63, 3.8) is 0 Å². The Bertz CT molecular complexity index is 1220. The predicted octanol–water partition coefficient (Wildman–Crippen LogP) is 4.02. The van der Waals surface area contributed by atoms with Crippen LogP contribution >= 0.6 is 0 Å². The number of rotatable bonds is 4. The number of nitrogens with zero attached hydrogens (tertiary/aromatic N) is 1.